The Kier molecular flexibility index (Phi) is 20.6. The molecule has 24 heavy (non-hydrogen) atoms. The second kappa shape index (κ2) is 19.0. The number of carbonyl (C=O) groups is 1. The van der Waals surface area contributed by atoms with Gasteiger partial charge < -0.3 is 33.6 Å². The Morgan fingerprint density at radius 3 is 1.58 bits per heavy atom. The Hall–Kier alpha value is -0.300. The largest absolute Gasteiger partial charge is 0.550 e. The van der Waals surface area contributed by atoms with Gasteiger partial charge in [-0.15, -0.1) is 0 Å². The minimum absolute atomic E-state index is 0.0714. The molecule has 0 saturated heterocycles. The molecule has 0 N–H and O–H groups in total. The van der Waals surface area contributed by atoms with Crippen molar-refractivity contribution < 1.29 is 33.6 Å². The SMILES string of the molecule is COCCOCCOCCC(=O)[O-].COCC[P+](C)(C)CCOC. The van der Waals surface area contributed by atoms with Gasteiger partial charge in [0.2, 0.25) is 0 Å². The number of hydrogen-bond acceptors (Lipinski definition) is 7. The van der Waals surface area contributed by atoms with Crippen molar-refractivity contribution in [2.45, 2.75) is 6.42 Å². The van der Waals surface area contributed by atoms with Crippen molar-refractivity contribution >= 4 is 13.2 Å². The highest BCUT2D eigenvalue weighted by atomic mass is 31.2. The highest BCUT2D eigenvalue weighted by Crippen LogP contribution is 2.50. The lowest BCUT2D eigenvalue weighted by molar-refractivity contribution is -0.306. The summed E-state index contributed by atoms with van der Waals surface area (Å²) in [4.78, 5) is 9.93. The molecule has 0 aromatic heterocycles. The predicted molar refractivity (Wildman–Crippen MR) is 95.4 cm³/mol. The van der Waals surface area contributed by atoms with Crippen molar-refractivity contribution in [3.05, 3.63) is 0 Å². The molecule has 0 atom stereocenters. The Bertz CT molecular complexity index is 265. The summed E-state index contributed by atoms with van der Waals surface area (Å²) in [7, 11) is 4.39. The average molecular weight is 370 g/mol. The first-order chi connectivity index (χ1) is 11.4. The summed E-state index contributed by atoms with van der Waals surface area (Å²) in [6.07, 6.45) is 2.36. The molecule has 0 aromatic rings. The van der Waals surface area contributed by atoms with E-state index in [0.717, 1.165) is 13.2 Å². The number of methoxy groups -OCH3 is 3. The Balaban J connectivity index is 0. The van der Waals surface area contributed by atoms with Crippen LogP contribution in [-0.4, -0.2) is 99.2 Å². The molecular formula is C16H35O7P. The van der Waals surface area contributed by atoms with Crippen LogP contribution in [0.15, 0.2) is 0 Å². The summed E-state index contributed by atoms with van der Waals surface area (Å²) in [6, 6.07) is 0. The van der Waals surface area contributed by atoms with Gasteiger partial charge in [-0.1, -0.05) is 0 Å². The summed E-state index contributed by atoms with van der Waals surface area (Å²) >= 11 is 0. The maximum absolute atomic E-state index is 9.93. The highest BCUT2D eigenvalue weighted by molar-refractivity contribution is 7.74. The molecule has 0 unspecified atom stereocenters. The fraction of sp³-hybridized carbons (Fsp3) is 0.938. The zero-order valence-corrected chi connectivity index (χ0v) is 16.8. The maximum Gasteiger partial charge on any atom is 0.0823 e. The molecule has 0 radical (unpaired) electrons. The number of carboxylic acid groups (broad SMARTS) is 1. The normalized spacial score (nSPS) is 11.0. The second-order valence-corrected chi connectivity index (χ2v) is 10.5. The first-order valence-corrected chi connectivity index (χ1v) is 11.1. The molecule has 0 aliphatic heterocycles. The van der Waals surface area contributed by atoms with Gasteiger partial charge >= 0.3 is 0 Å². The van der Waals surface area contributed by atoms with Gasteiger partial charge in [-0.25, -0.2) is 0 Å². The van der Waals surface area contributed by atoms with Crippen LogP contribution in [0.5, 0.6) is 0 Å². The lowest BCUT2D eigenvalue weighted by Gasteiger charge is -2.16. The van der Waals surface area contributed by atoms with Crippen molar-refractivity contribution in [3.63, 3.8) is 0 Å². The third-order valence-corrected chi connectivity index (χ3v) is 5.84. The summed E-state index contributed by atoms with van der Waals surface area (Å²) in [5, 5.41) is 9.93. The smallest absolute Gasteiger partial charge is 0.0823 e. The van der Waals surface area contributed by atoms with Gasteiger partial charge in [-0.3, -0.25) is 0 Å². The Morgan fingerprint density at radius 2 is 1.17 bits per heavy atom. The van der Waals surface area contributed by atoms with Gasteiger partial charge in [0.25, 0.3) is 0 Å². The van der Waals surface area contributed by atoms with Gasteiger partial charge in [-0.05, 0) is 0 Å². The van der Waals surface area contributed by atoms with Crippen molar-refractivity contribution in [3.8, 4) is 0 Å². The average Bonchev–Trinajstić information content (AvgIpc) is 2.54. The van der Waals surface area contributed by atoms with Crippen molar-refractivity contribution in [2.75, 3.05) is 93.2 Å². The third-order valence-electron chi connectivity index (χ3n) is 3.06. The van der Waals surface area contributed by atoms with E-state index in [-0.39, 0.29) is 13.0 Å². The lowest BCUT2D eigenvalue weighted by Crippen LogP contribution is -2.23. The van der Waals surface area contributed by atoms with Crippen LogP contribution in [0.1, 0.15) is 6.42 Å². The maximum atomic E-state index is 9.93. The molecule has 0 bridgehead atoms. The van der Waals surface area contributed by atoms with Crippen LogP contribution in [0.3, 0.4) is 0 Å². The zero-order valence-electron chi connectivity index (χ0n) is 15.9. The molecule has 0 rings (SSSR count). The molecule has 0 aromatic carbocycles. The molecule has 7 nitrogen and oxygen atoms in total. The number of ether oxygens (including phenoxy) is 5. The fourth-order valence-electron chi connectivity index (χ4n) is 1.41. The zero-order chi connectivity index (χ0) is 18.7. The monoisotopic (exact) mass is 370 g/mol. The lowest BCUT2D eigenvalue weighted by atomic mass is 10.5. The van der Waals surface area contributed by atoms with Crippen LogP contribution >= 0.6 is 7.26 Å². The van der Waals surface area contributed by atoms with Crippen molar-refractivity contribution in [1.29, 1.82) is 0 Å². The van der Waals surface area contributed by atoms with Crippen molar-refractivity contribution in [2.24, 2.45) is 0 Å². The van der Waals surface area contributed by atoms with E-state index in [0.29, 0.717) is 26.4 Å². The second-order valence-electron chi connectivity index (χ2n) is 5.71. The van der Waals surface area contributed by atoms with E-state index in [1.165, 1.54) is 12.3 Å². The summed E-state index contributed by atoms with van der Waals surface area (Å²) in [5.41, 5.74) is 0. The molecule has 0 spiro atoms. The van der Waals surface area contributed by atoms with Gasteiger partial charge in [-0.2, -0.15) is 0 Å². The minimum atomic E-state index is -1.10. The predicted octanol–water partition coefficient (Wildman–Crippen LogP) is 0.362. The number of rotatable bonds is 15. The minimum Gasteiger partial charge on any atom is -0.550 e. The number of aliphatic carboxylic acids is 1. The summed E-state index contributed by atoms with van der Waals surface area (Å²) in [6.45, 7) is 8.60. The Morgan fingerprint density at radius 1 is 0.750 bits per heavy atom. The molecule has 0 aliphatic carbocycles. The van der Waals surface area contributed by atoms with E-state index in [4.69, 9.17) is 23.7 Å². The van der Waals surface area contributed by atoms with Crippen molar-refractivity contribution in [1.82, 2.24) is 0 Å². The first kappa shape index (κ1) is 25.9. The van der Waals surface area contributed by atoms with E-state index in [1.807, 2.05) is 0 Å². The molecule has 8 heteroatoms. The van der Waals surface area contributed by atoms with Crippen LogP contribution in [0, 0.1) is 0 Å². The van der Waals surface area contributed by atoms with Crippen LogP contribution in [0.4, 0.5) is 0 Å². The molecule has 0 heterocycles. The van der Waals surface area contributed by atoms with E-state index < -0.39 is 13.2 Å². The topological polar surface area (TPSA) is 86.3 Å². The van der Waals surface area contributed by atoms with Crippen LogP contribution in [-0.2, 0) is 28.5 Å². The highest BCUT2D eigenvalue weighted by Gasteiger charge is 2.23. The molecular weight excluding hydrogens is 335 g/mol. The van der Waals surface area contributed by atoms with Crippen LogP contribution in [0.2, 0.25) is 0 Å². The molecule has 0 fully saturated rings. The summed E-state index contributed by atoms with van der Waals surface area (Å²) < 4.78 is 24.8. The number of hydrogen-bond donors (Lipinski definition) is 0. The quantitative estimate of drug-likeness (QED) is 0.304. The summed E-state index contributed by atoms with van der Waals surface area (Å²) in [5.74, 6) is -1.10. The Labute approximate surface area is 147 Å². The van der Waals surface area contributed by atoms with Gasteiger partial charge in [0, 0.05) is 54.3 Å². The number of carboxylic acids is 1. The fourth-order valence-corrected chi connectivity index (χ4v) is 2.99. The van der Waals surface area contributed by atoms with Gasteiger partial charge in [0.1, 0.15) is 0 Å². The standard InChI is InChI=1S/C8H16O5.C8H20O2P/c1-11-4-5-13-7-6-12-3-2-8(9)10;1-9-5-7-11(3,4)8-6-10-2/h2-7H2,1H3,(H,9,10);5-8H2,1-4H3/q;+1/p-1. The van der Waals surface area contributed by atoms with E-state index in [9.17, 15) is 9.90 Å². The van der Waals surface area contributed by atoms with E-state index >= 15 is 0 Å². The van der Waals surface area contributed by atoms with Gasteiger partial charge in [0.15, 0.2) is 0 Å². The third kappa shape index (κ3) is 24.0. The number of carbonyl (C=O) groups excluding carboxylic acids is 1. The molecule has 0 aliphatic rings. The molecule has 0 saturated carbocycles. The van der Waals surface area contributed by atoms with Crippen LogP contribution in [0.25, 0.3) is 0 Å². The first-order valence-electron chi connectivity index (χ1n) is 8.03. The molecule has 0 amide bonds. The molecule has 146 valence electrons. The van der Waals surface area contributed by atoms with E-state index in [1.54, 1.807) is 21.3 Å². The van der Waals surface area contributed by atoms with Crippen LogP contribution < -0.4 is 5.11 Å². The van der Waals surface area contributed by atoms with Gasteiger partial charge in [0.05, 0.1) is 58.6 Å². The van der Waals surface area contributed by atoms with E-state index in [2.05, 4.69) is 13.3 Å².